The predicted octanol–water partition coefficient (Wildman–Crippen LogP) is 5.35. The Bertz CT molecular complexity index is 1520. The summed E-state index contributed by atoms with van der Waals surface area (Å²) in [5.74, 6) is 0.139. The fraction of sp³-hybridized carbons (Fsp3) is 0.519. The minimum atomic E-state index is -4.64. The van der Waals surface area contributed by atoms with Crippen molar-refractivity contribution in [2.75, 3.05) is 23.7 Å². The first-order valence-electron chi connectivity index (χ1n) is 13.3. The number of thiol groups is 1. The van der Waals surface area contributed by atoms with Crippen LogP contribution in [0.15, 0.2) is 40.4 Å². The van der Waals surface area contributed by atoms with Gasteiger partial charge in [-0.3, -0.25) is 19.4 Å². The number of hydrogen-bond donors (Lipinski definition) is 1. The topological polar surface area (TPSA) is 93.5 Å². The molecular formula is C27H32ClF3N6O3S. The summed E-state index contributed by atoms with van der Waals surface area (Å²) < 4.78 is 49.5. The molecule has 2 aromatic heterocycles. The van der Waals surface area contributed by atoms with Gasteiger partial charge in [-0.25, -0.2) is 9.59 Å². The molecule has 2 aliphatic rings. The van der Waals surface area contributed by atoms with Gasteiger partial charge in [0.2, 0.25) is 0 Å². The summed E-state index contributed by atoms with van der Waals surface area (Å²) in [6, 6.07) is 1.39. The molecule has 2 aliphatic heterocycles. The number of ether oxygens (including phenoxy) is 1. The van der Waals surface area contributed by atoms with Gasteiger partial charge in [0.25, 0.3) is 0 Å². The number of halogens is 4. The van der Waals surface area contributed by atoms with Gasteiger partial charge in [-0.1, -0.05) is 10.7 Å². The van der Waals surface area contributed by atoms with E-state index in [0.29, 0.717) is 17.0 Å². The highest BCUT2D eigenvalue weighted by molar-refractivity contribution is 8.36. The van der Waals surface area contributed by atoms with Gasteiger partial charge in [-0.2, -0.15) is 18.2 Å². The molecule has 3 aromatic rings. The van der Waals surface area contributed by atoms with Crippen LogP contribution >= 0.6 is 20.8 Å². The third kappa shape index (κ3) is 5.83. The first kappa shape index (κ1) is 29.4. The van der Waals surface area contributed by atoms with E-state index < -0.39 is 39.2 Å². The minimum Gasteiger partial charge on any atom is -0.444 e. The van der Waals surface area contributed by atoms with Gasteiger partial charge in [0.05, 0.1) is 28.9 Å². The summed E-state index contributed by atoms with van der Waals surface area (Å²) in [6.45, 7) is 9.67. The van der Waals surface area contributed by atoms with Crippen molar-refractivity contribution in [2.24, 2.45) is 0 Å². The van der Waals surface area contributed by atoms with E-state index in [4.69, 9.17) is 15.4 Å². The van der Waals surface area contributed by atoms with E-state index in [1.807, 2.05) is 13.8 Å². The maximum absolute atomic E-state index is 14.2. The third-order valence-corrected chi connectivity index (χ3v) is 9.82. The Morgan fingerprint density at radius 1 is 1.10 bits per heavy atom. The standard InChI is InChI=1S/C27H32ClF3N6O3S/c1-15-11-35(12-16(2)37(15)25(39)40-26(3,4)5)23-19-8-18(27(29,30)31)9-21-22(19)36(24(38)34-23)13-17(14-41(21)28)20-10-32-6-7-33-20/h6-10,15-17,41H,11-14H2,1-5H3/t15-,16+,17-/m0/s1. The van der Waals surface area contributed by atoms with Gasteiger partial charge in [0.15, 0.2) is 0 Å². The Labute approximate surface area is 242 Å². The fourth-order valence-corrected chi connectivity index (χ4v) is 8.11. The molecule has 4 heterocycles. The average Bonchev–Trinajstić information content (AvgIpc) is 3.02. The zero-order valence-corrected chi connectivity index (χ0v) is 25.0. The van der Waals surface area contributed by atoms with Crippen molar-refractivity contribution in [2.45, 2.75) is 75.8 Å². The summed E-state index contributed by atoms with van der Waals surface area (Å²) in [6.07, 6.45) is -0.466. The third-order valence-electron chi connectivity index (χ3n) is 7.23. The van der Waals surface area contributed by atoms with Crippen molar-refractivity contribution in [3.63, 3.8) is 0 Å². The monoisotopic (exact) mass is 612 g/mol. The lowest BCUT2D eigenvalue weighted by atomic mass is 10.1. The van der Waals surface area contributed by atoms with Crippen molar-refractivity contribution in [1.82, 2.24) is 24.4 Å². The molecule has 14 heteroatoms. The zero-order chi connectivity index (χ0) is 29.9. The van der Waals surface area contributed by atoms with Crippen LogP contribution in [-0.2, 0) is 17.5 Å². The van der Waals surface area contributed by atoms with Crippen LogP contribution in [0.1, 0.15) is 51.8 Å². The molecule has 0 bridgehead atoms. The second-order valence-corrected chi connectivity index (χ2v) is 14.4. The van der Waals surface area contributed by atoms with E-state index in [9.17, 15) is 22.8 Å². The molecule has 4 atom stereocenters. The number of aromatic nitrogens is 4. The number of carbonyl (C=O) groups is 1. The molecule has 1 saturated heterocycles. The Morgan fingerprint density at radius 3 is 2.37 bits per heavy atom. The van der Waals surface area contributed by atoms with E-state index in [1.54, 1.807) is 36.8 Å². The summed E-state index contributed by atoms with van der Waals surface area (Å²) in [5.41, 5.74) is -1.16. The minimum absolute atomic E-state index is 0.147. The lowest BCUT2D eigenvalue weighted by molar-refractivity contribution is -0.137. The molecule has 1 unspecified atom stereocenters. The Balaban J connectivity index is 1.63. The SMILES string of the molecule is C[C@@H]1CN(c2nc(=O)n3c4c(cc(C(F)(F)F)cc24)[SH](Cl)C[C@@H](c2cnccn2)C3)C[C@H](C)N1C(=O)OC(C)(C)C. The molecule has 1 fully saturated rings. The van der Waals surface area contributed by atoms with Gasteiger partial charge in [-0.05, 0) is 46.8 Å². The molecule has 1 aromatic carbocycles. The number of piperazine rings is 1. The van der Waals surface area contributed by atoms with Crippen LogP contribution in [0.3, 0.4) is 0 Å². The smallest absolute Gasteiger partial charge is 0.416 e. The van der Waals surface area contributed by atoms with Crippen LogP contribution in [0.5, 0.6) is 0 Å². The predicted molar refractivity (Wildman–Crippen MR) is 153 cm³/mol. The molecule has 0 N–H and O–H groups in total. The van der Waals surface area contributed by atoms with Gasteiger partial charge < -0.3 is 9.64 Å². The van der Waals surface area contributed by atoms with Crippen LogP contribution in [0.25, 0.3) is 10.9 Å². The van der Waals surface area contributed by atoms with E-state index >= 15 is 0 Å². The van der Waals surface area contributed by atoms with Crippen molar-refractivity contribution >= 4 is 43.6 Å². The first-order chi connectivity index (χ1) is 19.1. The van der Waals surface area contributed by atoms with Crippen LogP contribution in [0.4, 0.5) is 23.8 Å². The summed E-state index contributed by atoms with van der Waals surface area (Å²) in [5, 5.41) is 0.201. The molecule has 222 valence electrons. The second kappa shape index (κ2) is 10.6. The van der Waals surface area contributed by atoms with E-state index in [2.05, 4.69) is 15.0 Å². The van der Waals surface area contributed by atoms with E-state index in [-0.39, 0.29) is 53.7 Å². The number of anilines is 1. The quantitative estimate of drug-likeness (QED) is 0.390. The largest absolute Gasteiger partial charge is 0.444 e. The average molecular weight is 613 g/mol. The summed E-state index contributed by atoms with van der Waals surface area (Å²) in [4.78, 5) is 43.0. The highest BCUT2D eigenvalue weighted by Gasteiger charge is 2.39. The van der Waals surface area contributed by atoms with Crippen LogP contribution < -0.4 is 10.6 Å². The van der Waals surface area contributed by atoms with Gasteiger partial charge in [-0.15, -0.1) is 10.1 Å². The van der Waals surface area contributed by atoms with Gasteiger partial charge in [0, 0.05) is 60.2 Å². The van der Waals surface area contributed by atoms with Crippen molar-refractivity contribution in [3.05, 3.63) is 52.5 Å². The number of nitrogens with zero attached hydrogens (tertiary/aromatic N) is 6. The van der Waals surface area contributed by atoms with Gasteiger partial charge in [0.1, 0.15) is 11.4 Å². The van der Waals surface area contributed by atoms with Crippen molar-refractivity contribution < 1.29 is 22.7 Å². The van der Waals surface area contributed by atoms with E-state index in [0.717, 1.165) is 12.1 Å². The van der Waals surface area contributed by atoms with Crippen LogP contribution in [-0.4, -0.2) is 67.0 Å². The maximum atomic E-state index is 14.2. The number of alkyl halides is 3. The first-order valence-corrected chi connectivity index (χ1v) is 15.7. The molecule has 0 aliphatic carbocycles. The lowest BCUT2D eigenvalue weighted by Gasteiger charge is -2.45. The molecule has 5 rings (SSSR count). The molecule has 41 heavy (non-hydrogen) atoms. The number of benzene rings is 1. The number of carbonyl (C=O) groups excluding carboxylic acids is 1. The van der Waals surface area contributed by atoms with E-state index in [1.165, 1.54) is 17.0 Å². The molecule has 1 amide bonds. The molecule has 9 nitrogen and oxygen atoms in total. The normalized spacial score (nSPS) is 24.3. The molecular weight excluding hydrogens is 581 g/mol. The molecule has 0 saturated carbocycles. The van der Waals surface area contributed by atoms with Gasteiger partial charge >= 0.3 is 18.0 Å². The van der Waals surface area contributed by atoms with Crippen molar-refractivity contribution in [3.8, 4) is 0 Å². The Kier molecular flexibility index (Phi) is 7.64. The fourth-order valence-electron chi connectivity index (χ4n) is 5.59. The highest BCUT2D eigenvalue weighted by atomic mass is 35.7. The maximum Gasteiger partial charge on any atom is 0.416 e. The highest BCUT2D eigenvalue weighted by Crippen LogP contribution is 2.51. The molecule has 0 spiro atoms. The number of rotatable bonds is 2. The molecule has 0 radical (unpaired) electrons. The lowest BCUT2D eigenvalue weighted by Crippen LogP contribution is -2.59. The summed E-state index contributed by atoms with van der Waals surface area (Å²) >= 11 is 0. The van der Waals surface area contributed by atoms with Crippen LogP contribution in [0.2, 0.25) is 0 Å². The summed E-state index contributed by atoms with van der Waals surface area (Å²) in [7, 11) is 5.26. The zero-order valence-electron chi connectivity index (χ0n) is 23.3. The Hall–Kier alpha value is -3.06. The Morgan fingerprint density at radius 2 is 1.78 bits per heavy atom. The van der Waals surface area contributed by atoms with Crippen LogP contribution in [0, 0.1) is 0 Å². The van der Waals surface area contributed by atoms with Crippen molar-refractivity contribution in [1.29, 1.82) is 0 Å². The number of hydrogen-bond acceptors (Lipinski definition) is 7. The number of amides is 1. The second-order valence-electron chi connectivity index (χ2n) is 11.6.